The van der Waals surface area contributed by atoms with Gasteiger partial charge in [0.2, 0.25) is 0 Å². The van der Waals surface area contributed by atoms with Gasteiger partial charge in [0.15, 0.2) is 0 Å². The molecule has 1 heterocycles. The number of piperazine rings is 1. The number of nitrogens with zero attached hydrogens (tertiary/aromatic N) is 3. The van der Waals surface area contributed by atoms with Crippen LogP contribution in [0.4, 0.5) is 4.39 Å². The molecule has 1 aliphatic rings. The minimum absolute atomic E-state index is 0.171. The Morgan fingerprint density at radius 3 is 2.45 bits per heavy atom. The molecule has 0 spiro atoms. The molecule has 0 bridgehead atoms. The van der Waals surface area contributed by atoms with Gasteiger partial charge >= 0.3 is 0 Å². The SMILES string of the molecule is C[C@H](CC#N)N1CCN([C@H](C)c2cccc(F)c2)CC1. The zero-order chi connectivity index (χ0) is 14.5. The summed E-state index contributed by atoms with van der Waals surface area (Å²) in [5.41, 5.74) is 1.03. The molecule has 0 aromatic heterocycles. The van der Waals surface area contributed by atoms with Crippen LogP contribution in [0.3, 0.4) is 0 Å². The van der Waals surface area contributed by atoms with E-state index < -0.39 is 0 Å². The number of halogens is 1. The highest BCUT2D eigenvalue weighted by atomic mass is 19.1. The third-order valence-electron chi connectivity index (χ3n) is 4.24. The minimum Gasteiger partial charge on any atom is -0.297 e. The molecule has 20 heavy (non-hydrogen) atoms. The van der Waals surface area contributed by atoms with Crippen LogP contribution < -0.4 is 0 Å². The van der Waals surface area contributed by atoms with Gasteiger partial charge in [0.05, 0.1) is 12.5 Å². The van der Waals surface area contributed by atoms with Crippen LogP contribution in [0.1, 0.15) is 31.9 Å². The Morgan fingerprint density at radius 2 is 1.85 bits per heavy atom. The van der Waals surface area contributed by atoms with Crippen molar-refractivity contribution >= 4 is 0 Å². The fourth-order valence-electron chi connectivity index (χ4n) is 2.80. The van der Waals surface area contributed by atoms with E-state index in [4.69, 9.17) is 5.26 Å². The molecule has 0 saturated carbocycles. The molecule has 0 unspecified atom stereocenters. The summed E-state index contributed by atoms with van der Waals surface area (Å²) in [5, 5.41) is 8.76. The third-order valence-corrected chi connectivity index (χ3v) is 4.24. The lowest BCUT2D eigenvalue weighted by Crippen LogP contribution is -2.50. The van der Waals surface area contributed by atoms with Crippen LogP contribution in [-0.4, -0.2) is 42.0 Å². The predicted octanol–water partition coefficient (Wildman–Crippen LogP) is 2.81. The topological polar surface area (TPSA) is 30.3 Å². The molecule has 4 heteroatoms. The van der Waals surface area contributed by atoms with Crippen LogP contribution in [0.15, 0.2) is 24.3 Å². The van der Waals surface area contributed by atoms with Gasteiger partial charge < -0.3 is 0 Å². The van der Waals surface area contributed by atoms with E-state index in [1.54, 1.807) is 12.1 Å². The van der Waals surface area contributed by atoms with Gasteiger partial charge in [-0.15, -0.1) is 0 Å². The maximum absolute atomic E-state index is 13.3. The lowest BCUT2D eigenvalue weighted by atomic mass is 10.1. The highest BCUT2D eigenvalue weighted by Crippen LogP contribution is 2.22. The van der Waals surface area contributed by atoms with Crippen LogP contribution in [0.5, 0.6) is 0 Å². The Bertz CT molecular complexity index is 475. The van der Waals surface area contributed by atoms with Crippen molar-refractivity contribution in [3.05, 3.63) is 35.6 Å². The smallest absolute Gasteiger partial charge is 0.123 e. The van der Waals surface area contributed by atoms with E-state index in [1.165, 1.54) is 6.07 Å². The molecule has 3 nitrogen and oxygen atoms in total. The summed E-state index contributed by atoms with van der Waals surface area (Å²) in [7, 11) is 0. The van der Waals surface area contributed by atoms with E-state index in [0.29, 0.717) is 12.5 Å². The molecule has 1 aromatic carbocycles. The first-order valence-electron chi connectivity index (χ1n) is 7.22. The van der Waals surface area contributed by atoms with Gasteiger partial charge in [-0.05, 0) is 31.5 Å². The van der Waals surface area contributed by atoms with E-state index in [9.17, 15) is 4.39 Å². The van der Waals surface area contributed by atoms with Gasteiger partial charge in [0.1, 0.15) is 5.82 Å². The van der Waals surface area contributed by atoms with Gasteiger partial charge in [-0.1, -0.05) is 12.1 Å². The molecule has 0 aliphatic carbocycles. The molecule has 1 aliphatic heterocycles. The monoisotopic (exact) mass is 275 g/mol. The van der Waals surface area contributed by atoms with Crippen molar-refractivity contribution in [2.24, 2.45) is 0 Å². The zero-order valence-electron chi connectivity index (χ0n) is 12.2. The molecule has 0 amide bonds. The first-order chi connectivity index (χ1) is 9.61. The molecule has 2 rings (SSSR count). The largest absolute Gasteiger partial charge is 0.297 e. The van der Waals surface area contributed by atoms with Gasteiger partial charge in [-0.25, -0.2) is 4.39 Å². The van der Waals surface area contributed by atoms with Crippen molar-refractivity contribution in [1.82, 2.24) is 9.80 Å². The Morgan fingerprint density at radius 1 is 1.20 bits per heavy atom. The first-order valence-corrected chi connectivity index (χ1v) is 7.22. The zero-order valence-corrected chi connectivity index (χ0v) is 12.2. The van der Waals surface area contributed by atoms with E-state index in [0.717, 1.165) is 31.7 Å². The summed E-state index contributed by atoms with van der Waals surface area (Å²) in [5.74, 6) is -0.171. The van der Waals surface area contributed by atoms with Crippen LogP contribution in [0, 0.1) is 17.1 Å². The molecule has 1 saturated heterocycles. The normalized spacial score (nSPS) is 20.3. The summed E-state index contributed by atoms with van der Waals surface area (Å²) in [6.07, 6.45) is 0.583. The Labute approximate surface area is 120 Å². The summed E-state index contributed by atoms with van der Waals surface area (Å²) >= 11 is 0. The van der Waals surface area contributed by atoms with E-state index in [-0.39, 0.29) is 11.9 Å². The molecule has 0 radical (unpaired) electrons. The summed E-state index contributed by atoms with van der Waals surface area (Å²) < 4.78 is 13.3. The number of hydrogen-bond acceptors (Lipinski definition) is 3. The Balaban J connectivity index is 1.92. The minimum atomic E-state index is -0.171. The van der Waals surface area contributed by atoms with Crippen molar-refractivity contribution in [1.29, 1.82) is 5.26 Å². The molecule has 108 valence electrons. The van der Waals surface area contributed by atoms with Crippen molar-refractivity contribution in [2.75, 3.05) is 26.2 Å². The molecule has 1 fully saturated rings. The quantitative estimate of drug-likeness (QED) is 0.846. The maximum Gasteiger partial charge on any atom is 0.123 e. The van der Waals surface area contributed by atoms with Crippen LogP contribution in [0.25, 0.3) is 0 Å². The van der Waals surface area contributed by atoms with Gasteiger partial charge in [0, 0.05) is 38.3 Å². The lowest BCUT2D eigenvalue weighted by molar-refractivity contribution is 0.0795. The summed E-state index contributed by atoms with van der Waals surface area (Å²) in [6, 6.07) is 9.65. The Kier molecular flexibility index (Phi) is 5.11. The molecular formula is C16H22FN3. The van der Waals surface area contributed by atoms with Crippen molar-refractivity contribution in [3.63, 3.8) is 0 Å². The second-order valence-corrected chi connectivity index (χ2v) is 5.51. The van der Waals surface area contributed by atoms with Gasteiger partial charge in [0.25, 0.3) is 0 Å². The first kappa shape index (κ1) is 15.0. The van der Waals surface area contributed by atoms with Crippen LogP contribution >= 0.6 is 0 Å². The van der Waals surface area contributed by atoms with E-state index in [2.05, 4.69) is 29.7 Å². The lowest BCUT2D eigenvalue weighted by Gasteiger charge is -2.40. The average molecular weight is 275 g/mol. The average Bonchev–Trinajstić information content (AvgIpc) is 2.47. The number of hydrogen-bond donors (Lipinski definition) is 0. The van der Waals surface area contributed by atoms with Crippen LogP contribution in [0.2, 0.25) is 0 Å². The molecule has 2 atom stereocenters. The standard InChI is InChI=1S/C16H22FN3/c1-13(6-7-18)19-8-10-20(11-9-19)14(2)15-4-3-5-16(17)12-15/h3-5,12-14H,6,8-11H2,1-2H3/t13-,14-/m1/s1. The summed E-state index contributed by atoms with van der Waals surface area (Å²) in [4.78, 5) is 4.74. The number of nitriles is 1. The van der Waals surface area contributed by atoms with Crippen molar-refractivity contribution < 1.29 is 4.39 Å². The highest BCUT2D eigenvalue weighted by Gasteiger charge is 2.24. The van der Waals surface area contributed by atoms with Crippen molar-refractivity contribution in [2.45, 2.75) is 32.4 Å². The fraction of sp³-hybridized carbons (Fsp3) is 0.562. The third kappa shape index (κ3) is 3.56. The molecular weight excluding hydrogens is 253 g/mol. The van der Waals surface area contributed by atoms with Gasteiger partial charge in [-0.3, -0.25) is 9.80 Å². The summed E-state index contributed by atoms with van der Waals surface area (Å²) in [6.45, 7) is 8.12. The second-order valence-electron chi connectivity index (χ2n) is 5.51. The van der Waals surface area contributed by atoms with E-state index >= 15 is 0 Å². The molecule has 1 aromatic rings. The highest BCUT2D eigenvalue weighted by molar-refractivity contribution is 5.19. The maximum atomic E-state index is 13.3. The number of rotatable bonds is 4. The Hall–Kier alpha value is -1.44. The van der Waals surface area contributed by atoms with Gasteiger partial charge in [-0.2, -0.15) is 5.26 Å². The predicted molar refractivity (Wildman–Crippen MR) is 77.7 cm³/mol. The second kappa shape index (κ2) is 6.83. The van der Waals surface area contributed by atoms with E-state index in [1.807, 2.05) is 6.07 Å². The van der Waals surface area contributed by atoms with Crippen molar-refractivity contribution in [3.8, 4) is 6.07 Å². The number of benzene rings is 1. The fourth-order valence-corrected chi connectivity index (χ4v) is 2.80. The van der Waals surface area contributed by atoms with Crippen LogP contribution in [-0.2, 0) is 0 Å². The molecule has 0 N–H and O–H groups in total.